The maximum absolute atomic E-state index is 12.2. The molecule has 1 aromatic rings. The van der Waals surface area contributed by atoms with Gasteiger partial charge in [0.1, 0.15) is 13.2 Å². The smallest absolute Gasteiger partial charge is 0.339 e. The van der Waals surface area contributed by atoms with Crippen LogP contribution in [0.3, 0.4) is 0 Å². The highest BCUT2D eigenvalue weighted by Crippen LogP contribution is 2.31. The third-order valence-corrected chi connectivity index (χ3v) is 3.53. The Kier molecular flexibility index (Phi) is 4.05. The second-order valence-electron chi connectivity index (χ2n) is 5.13. The summed E-state index contributed by atoms with van der Waals surface area (Å²) in [6.07, 6.45) is -1.06. The fourth-order valence-corrected chi connectivity index (χ4v) is 2.35. The van der Waals surface area contributed by atoms with E-state index in [-0.39, 0.29) is 12.1 Å². The van der Waals surface area contributed by atoms with Crippen molar-refractivity contribution in [3.05, 3.63) is 23.8 Å². The summed E-state index contributed by atoms with van der Waals surface area (Å²) in [5.41, 5.74) is 0.250. The van der Waals surface area contributed by atoms with Crippen LogP contribution in [0.2, 0.25) is 0 Å². The summed E-state index contributed by atoms with van der Waals surface area (Å²) in [5, 5.41) is 2.52. The molecule has 0 aromatic heterocycles. The molecule has 1 saturated heterocycles. The first-order valence-corrected chi connectivity index (χ1v) is 7.26. The van der Waals surface area contributed by atoms with E-state index >= 15 is 0 Å². The minimum absolute atomic E-state index is 0.250. The Morgan fingerprint density at radius 1 is 1.26 bits per heavy atom. The Hall–Kier alpha value is -2.77. The van der Waals surface area contributed by atoms with Crippen LogP contribution in [0.25, 0.3) is 0 Å². The van der Waals surface area contributed by atoms with Crippen LogP contribution in [0, 0.1) is 0 Å². The number of nitrogens with zero attached hydrogens (tertiary/aromatic N) is 1. The average Bonchev–Trinajstić information content (AvgIpc) is 2.99. The van der Waals surface area contributed by atoms with Crippen LogP contribution in [0.4, 0.5) is 4.79 Å². The number of ether oxygens (including phenoxy) is 3. The number of carbonyl (C=O) groups is 3. The van der Waals surface area contributed by atoms with Gasteiger partial charge in [-0.25, -0.2) is 9.59 Å². The number of esters is 1. The van der Waals surface area contributed by atoms with Crippen molar-refractivity contribution in [2.45, 2.75) is 13.0 Å². The minimum atomic E-state index is -1.06. The fraction of sp³-hybridized carbons (Fsp3) is 0.400. The molecule has 1 unspecified atom stereocenters. The summed E-state index contributed by atoms with van der Waals surface area (Å²) in [6.45, 7) is 2.96. The number of benzene rings is 1. The number of nitrogens with one attached hydrogen (secondary N) is 1. The molecule has 3 amide bonds. The van der Waals surface area contributed by atoms with E-state index in [9.17, 15) is 14.4 Å². The van der Waals surface area contributed by atoms with Gasteiger partial charge in [0.05, 0.1) is 5.56 Å². The van der Waals surface area contributed by atoms with E-state index < -0.39 is 24.0 Å². The highest BCUT2D eigenvalue weighted by atomic mass is 16.6. The maximum atomic E-state index is 12.2. The number of rotatable bonds is 3. The Balaban J connectivity index is 1.66. The van der Waals surface area contributed by atoms with Crippen molar-refractivity contribution < 1.29 is 28.6 Å². The van der Waals surface area contributed by atoms with Crippen LogP contribution in [-0.4, -0.2) is 55.2 Å². The second kappa shape index (κ2) is 6.15. The molecule has 23 heavy (non-hydrogen) atoms. The van der Waals surface area contributed by atoms with E-state index in [1.54, 1.807) is 6.07 Å². The van der Waals surface area contributed by atoms with Crippen molar-refractivity contribution >= 4 is 17.9 Å². The number of urea groups is 1. The van der Waals surface area contributed by atoms with Crippen LogP contribution < -0.4 is 14.8 Å². The van der Waals surface area contributed by atoms with Crippen LogP contribution in [0.5, 0.6) is 11.5 Å². The van der Waals surface area contributed by atoms with Crippen molar-refractivity contribution in [2.75, 3.05) is 26.3 Å². The first kappa shape index (κ1) is 15.1. The zero-order chi connectivity index (χ0) is 16.4. The van der Waals surface area contributed by atoms with Crippen LogP contribution >= 0.6 is 0 Å². The van der Waals surface area contributed by atoms with Gasteiger partial charge in [-0.2, -0.15) is 0 Å². The van der Waals surface area contributed by atoms with Gasteiger partial charge in [0.15, 0.2) is 17.6 Å². The standard InChI is InChI=1S/C15H16N2O6/c1-9(13(18)17-5-4-16-15(17)20)23-14(19)10-2-3-11-12(8-10)22-7-6-21-11/h2-3,8-9H,4-7H2,1H3,(H,16,20). The van der Waals surface area contributed by atoms with Gasteiger partial charge in [0.25, 0.3) is 5.91 Å². The lowest BCUT2D eigenvalue weighted by Gasteiger charge is -2.20. The summed E-state index contributed by atoms with van der Waals surface area (Å²) in [7, 11) is 0. The predicted molar refractivity (Wildman–Crippen MR) is 77.4 cm³/mol. The van der Waals surface area contributed by atoms with Crippen molar-refractivity contribution in [1.82, 2.24) is 10.2 Å². The average molecular weight is 320 g/mol. The first-order valence-electron chi connectivity index (χ1n) is 7.26. The van der Waals surface area contributed by atoms with Gasteiger partial charge < -0.3 is 19.5 Å². The highest BCUT2D eigenvalue weighted by Gasteiger charge is 2.32. The molecule has 2 heterocycles. The minimum Gasteiger partial charge on any atom is -0.486 e. The molecule has 0 saturated carbocycles. The molecular weight excluding hydrogens is 304 g/mol. The lowest BCUT2D eigenvalue weighted by Crippen LogP contribution is -2.41. The van der Waals surface area contributed by atoms with Crippen molar-refractivity contribution in [3.8, 4) is 11.5 Å². The van der Waals surface area contributed by atoms with Gasteiger partial charge in [-0.1, -0.05) is 0 Å². The van der Waals surface area contributed by atoms with E-state index in [0.29, 0.717) is 31.3 Å². The molecule has 2 aliphatic rings. The molecule has 122 valence electrons. The topological polar surface area (TPSA) is 94.2 Å². The Morgan fingerprint density at radius 3 is 2.70 bits per heavy atom. The Labute approximate surface area is 132 Å². The van der Waals surface area contributed by atoms with E-state index in [1.807, 2.05) is 0 Å². The van der Waals surface area contributed by atoms with Gasteiger partial charge in [-0.15, -0.1) is 0 Å². The molecule has 2 aliphatic heterocycles. The van der Waals surface area contributed by atoms with Crippen molar-refractivity contribution in [2.24, 2.45) is 0 Å². The Morgan fingerprint density at radius 2 is 2.00 bits per heavy atom. The second-order valence-corrected chi connectivity index (χ2v) is 5.13. The molecule has 3 rings (SSSR count). The molecule has 1 fully saturated rings. The van der Waals surface area contributed by atoms with E-state index in [2.05, 4.69) is 5.32 Å². The summed E-state index contributed by atoms with van der Waals surface area (Å²) in [6, 6.07) is 4.19. The molecule has 1 atom stereocenters. The zero-order valence-corrected chi connectivity index (χ0v) is 12.5. The number of imide groups is 1. The fourth-order valence-electron chi connectivity index (χ4n) is 2.35. The number of fused-ring (bicyclic) bond motifs is 1. The molecule has 8 heteroatoms. The van der Waals surface area contributed by atoms with E-state index in [4.69, 9.17) is 14.2 Å². The van der Waals surface area contributed by atoms with Gasteiger partial charge in [-0.3, -0.25) is 9.69 Å². The first-order chi connectivity index (χ1) is 11.1. The van der Waals surface area contributed by atoms with Crippen LogP contribution in [0.15, 0.2) is 18.2 Å². The Bertz CT molecular complexity index is 659. The largest absolute Gasteiger partial charge is 0.486 e. The molecule has 8 nitrogen and oxygen atoms in total. The molecule has 0 radical (unpaired) electrons. The van der Waals surface area contributed by atoms with Crippen molar-refractivity contribution in [3.63, 3.8) is 0 Å². The van der Waals surface area contributed by atoms with Crippen LogP contribution in [-0.2, 0) is 9.53 Å². The summed E-state index contributed by atoms with van der Waals surface area (Å²) in [5.74, 6) is -0.192. The number of amides is 3. The van der Waals surface area contributed by atoms with E-state index in [1.165, 1.54) is 19.1 Å². The highest BCUT2D eigenvalue weighted by molar-refractivity contribution is 5.99. The predicted octanol–water partition coefficient (Wildman–Crippen LogP) is 0.555. The summed E-state index contributed by atoms with van der Waals surface area (Å²) >= 11 is 0. The summed E-state index contributed by atoms with van der Waals surface area (Å²) in [4.78, 5) is 36.7. The summed E-state index contributed by atoms with van der Waals surface area (Å²) < 4.78 is 15.9. The maximum Gasteiger partial charge on any atom is 0.339 e. The third kappa shape index (κ3) is 3.05. The number of hydrogen-bond acceptors (Lipinski definition) is 6. The van der Waals surface area contributed by atoms with Gasteiger partial charge in [0, 0.05) is 13.1 Å². The zero-order valence-electron chi connectivity index (χ0n) is 12.5. The van der Waals surface area contributed by atoms with Gasteiger partial charge in [0.2, 0.25) is 0 Å². The molecule has 0 aliphatic carbocycles. The molecular formula is C15H16N2O6. The molecule has 1 N–H and O–H groups in total. The van der Waals surface area contributed by atoms with Crippen molar-refractivity contribution in [1.29, 1.82) is 0 Å². The number of hydrogen-bond donors (Lipinski definition) is 1. The van der Waals surface area contributed by atoms with Gasteiger partial charge in [-0.05, 0) is 25.1 Å². The quantitative estimate of drug-likeness (QED) is 0.818. The number of carbonyl (C=O) groups excluding carboxylic acids is 3. The van der Waals surface area contributed by atoms with Crippen LogP contribution in [0.1, 0.15) is 17.3 Å². The lowest BCUT2D eigenvalue weighted by molar-refractivity contribution is -0.136. The molecule has 0 bridgehead atoms. The molecule has 0 spiro atoms. The normalized spacial score (nSPS) is 17.4. The molecule has 1 aromatic carbocycles. The van der Waals surface area contributed by atoms with Gasteiger partial charge >= 0.3 is 12.0 Å². The lowest BCUT2D eigenvalue weighted by atomic mass is 10.2. The third-order valence-electron chi connectivity index (χ3n) is 3.53. The SMILES string of the molecule is CC(OC(=O)c1ccc2c(c1)OCCO2)C(=O)N1CCNC1=O. The van der Waals surface area contributed by atoms with E-state index in [0.717, 1.165) is 4.90 Å². The monoisotopic (exact) mass is 320 g/mol.